The second kappa shape index (κ2) is 8.41. The molecule has 0 spiro atoms. The molecule has 0 saturated heterocycles. The predicted molar refractivity (Wildman–Crippen MR) is 79.5 cm³/mol. The highest BCUT2D eigenvalue weighted by Gasteiger charge is 1.95. The first-order valence-corrected chi connectivity index (χ1v) is 7.25. The Morgan fingerprint density at radius 2 is 1.58 bits per heavy atom. The van der Waals surface area contributed by atoms with Crippen LogP contribution in [0.3, 0.4) is 0 Å². The second-order valence-corrected chi connectivity index (χ2v) is 4.87. The lowest BCUT2D eigenvalue weighted by Gasteiger charge is -2.05. The maximum absolute atomic E-state index is 5.67. The summed E-state index contributed by atoms with van der Waals surface area (Å²) in [5, 5.41) is 0. The van der Waals surface area contributed by atoms with Crippen LogP contribution in [0.5, 0.6) is 5.75 Å². The quantitative estimate of drug-likeness (QED) is 0.653. The third kappa shape index (κ3) is 5.64. The van der Waals surface area contributed by atoms with Crippen LogP contribution >= 0.6 is 0 Å². The van der Waals surface area contributed by atoms with Crippen molar-refractivity contribution in [2.75, 3.05) is 6.61 Å². The van der Waals surface area contributed by atoms with Crippen molar-refractivity contribution in [3.8, 4) is 5.75 Å². The van der Waals surface area contributed by atoms with E-state index >= 15 is 0 Å². The first-order chi connectivity index (χ1) is 9.45. The van der Waals surface area contributed by atoms with E-state index in [-0.39, 0.29) is 0 Å². The molecule has 0 amide bonds. The molecule has 102 valence electrons. The second-order valence-electron chi connectivity index (χ2n) is 4.87. The van der Waals surface area contributed by atoms with Crippen LogP contribution in [0.25, 0.3) is 0 Å². The Balaban J connectivity index is 1.42. The van der Waals surface area contributed by atoms with E-state index in [2.05, 4.69) is 17.1 Å². The van der Waals surface area contributed by atoms with Gasteiger partial charge in [-0.15, -0.1) is 0 Å². The Morgan fingerprint density at radius 1 is 0.789 bits per heavy atom. The van der Waals surface area contributed by atoms with Crippen LogP contribution in [-0.4, -0.2) is 11.6 Å². The average molecular weight is 257 g/mol. The number of unbranched alkanes of at least 4 members (excludes halogenated alkanes) is 4. The topological polar surface area (TPSA) is 25.0 Å². The summed E-state index contributed by atoms with van der Waals surface area (Å²) in [4.78, 5) is 3.25. The van der Waals surface area contributed by atoms with Gasteiger partial charge in [0.1, 0.15) is 5.75 Å². The minimum Gasteiger partial charge on any atom is -0.494 e. The van der Waals surface area contributed by atoms with Gasteiger partial charge in [0.15, 0.2) is 0 Å². The number of nitrogens with one attached hydrogen (secondary N) is 1. The van der Waals surface area contributed by atoms with Crippen molar-refractivity contribution >= 4 is 0 Å². The third-order valence-electron chi connectivity index (χ3n) is 3.26. The molecule has 0 unspecified atom stereocenters. The van der Waals surface area contributed by atoms with Crippen molar-refractivity contribution < 1.29 is 4.74 Å². The van der Waals surface area contributed by atoms with Gasteiger partial charge in [0.05, 0.1) is 6.61 Å². The number of aromatic amines is 1. The van der Waals surface area contributed by atoms with Crippen molar-refractivity contribution in [3.05, 3.63) is 54.4 Å². The number of aryl methyl sites for hydroxylation is 1. The SMILES string of the molecule is c1ccc(OCCCCCCCc2ccc[nH]2)cc1. The van der Waals surface area contributed by atoms with Crippen molar-refractivity contribution in [1.82, 2.24) is 4.98 Å². The zero-order valence-electron chi connectivity index (χ0n) is 11.5. The lowest BCUT2D eigenvalue weighted by Crippen LogP contribution is -1.97. The van der Waals surface area contributed by atoms with Gasteiger partial charge in [-0.2, -0.15) is 0 Å². The highest BCUT2D eigenvalue weighted by atomic mass is 16.5. The number of hydrogen-bond donors (Lipinski definition) is 1. The van der Waals surface area contributed by atoms with Gasteiger partial charge >= 0.3 is 0 Å². The number of hydrogen-bond acceptors (Lipinski definition) is 1. The smallest absolute Gasteiger partial charge is 0.119 e. The summed E-state index contributed by atoms with van der Waals surface area (Å²) in [6.45, 7) is 0.834. The maximum atomic E-state index is 5.67. The number of H-pyrrole nitrogens is 1. The van der Waals surface area contributed by atoms with Crippen LogP contribution in [0, 0.1) is 0 Å². The van der Waals surface area contributed by atoms with E-state index in [1.807, 2.05) is 36.5 Å². The molecular weight excluding hydrogens is 234 g/mol. The van der Waals surface area contributed by atoms with E-state index in [1.54, 1.807) is 0 Å². The molecule has 0 aliphatic rings. The first-order valence-electron chi connectivity index (χ1n) is 7.25. The number of para-hydroxylation sites is 1. The summed E-state index contributed by atoms with van der Waals surface area (Å²) >= 11 is 0. The molecule has 1 N–H and O–H groups in total. The van der Waals surface area contributed by atoms with Crippen molar-refractivity contribution in [2.45, 2.75) is 38.5 Å². The Labute approximate surface area is 115 Å². The molecule has 0 saturated carbocycles. The fraction of sp³-hybridized carbons (Fsp3) is 0.412. The zero-order chi connectivity index (χ0) is 13.2. The van der Waals surface area contributed by atoms with E-state index in [9.17, 15) is 0 Å². The molecule has 0 aliphatic carbocycles. The van der Waals surface area contributed by atoms with Crippen LogP contribution in [0.4, 0.5) is 0 Å². The Hall–Kier alpha value is -1.70. The minimum atomic E-state index is 0.834. The lowest BCUT2D eigenvalue weighted by molar-refractivity contribution is 0.304. The lowest BCUT2D eigenvalue weighted by atomic mass is 10.1. The Bertz CT molecular complexity index is 422. The number of benzene rings is 1. The average Bonchev–Trinajstić information content (AvgIpc) is 2.96. The van der Waals surface area contributed by atoms with Crippen molar-refractivity contribution in [3.63, 3.8) is 0 Å². The molecule has 1 aromatic carbocycles. The fourth-order valence-corrected chi connectivity index (χ4v) is 2.18. The molecule has 0 atom stereocenters. The van der Waals surface area contributed by atoms with Crippen LogP contribution in [0.15, 0.2) is 48.7 Å². The van der Waals surface area contributed by atoms with Gasteiger partial charge in [0, 0.05) is 11.9 Å². The molecule has 0 fully saturated rings. The minimum absolute atomic E-state index is 0.834. The summed E-state index contributed by atoms with van der Waals surface area (Å²) in [7, 11) is 0. The summed E-state index contributed by atoms with van der Waals surface area (Å²) in [6, 6.07) is 14.3. The van der Waals surface area contributed by atoms with Gasteiger partial charge in [0.2, 0.25) is 0 Å². The van der Waals surface area contributed by atoms with E-state index in [1.165, 1.54) is 37.8 Å². The standard InChI is InChI=1S/C17H23NO/c1(2-5-10-16-11-9-14-18-16)3-8-15-19-17-12-6-4-7-13-17/h4,6-7,9,11-14,18H,1-3,5,8,10,15H2. The predicted octanol–water partition coefficient (Wildman–Crippen LogP) is 4.59. The molecule has 2 nitrogen and oxygen atoms in total. The van der Waals surface area contributed by atoms with Gasteiger partial charge in [-0.25, -0.2) is 0 Å². The monoisotopic (exact) mass is 257 g/mol. The first kappa shape index (κ1) is 13.7. The third-order valence-corrected chi connectivity index (χ3v) is 3.26. The van der Waals surface area contributed by atoms with Crippen LogP contribution in [0.1, 0.15) is 37.8 Å². The normalized spacial score (nSPS) is 10.5. The van der Waals surface area contributed by atoms with Crippen LogP contribution in [0.2, 0.25) is 0 Å². The van der Waals surface area contributed by atoms with Gasteiger partial charge in [-0.3, -0.25) is 0 Å². The number of ether oxygens (including phenoxy) is 1. The molecule has 0 radical (unpaired) electrons. The molecule has 0 aliphatic heterocycles. The van der Waals surface area contributed by atoms with Gasteiger partial charge in [-0.05, 0) is 43.5 Å². The molecule has 19 heavy (non-hydrogen) atoms. The van der Waals surface area contributed by atoms with Gasteiger partial charge in [-0.1, -0.05) is 37.5 Å². The molecule has 2 aromatic rings. The summed E-state index contributed by atoms with van der Waals surface area (Å²) < 4.78 is 5.67. The Morgan fingerprint density at radius 3 is 2.37 bits per heavy atom. The van der Waals surface area contributed by atoms with Gasteiger partial charge < -0.3 is 9.72 Å². The highest BCUT2D eigenvalue weighted by molar-refractivity contribution is 5.20. The fourth-order valence-electron chi connectivity index (χ4n) is 2.18. The molecule has 2 rings (SSSR count). The zero-order valence-corrected chi connectivity index (χ0v) is 11.5. The van der Waals surface area contributed by atoms with Crippen molar-refractivity contribution in [2.24, 2.45) is 0 Å². The molecular formula is C17H23NO. The van der Waals surface area contributed by atoms with Crippen LogP contribution < -0.4 is 4.74 Å². The Kier molecular flexibility index (Phi) is 6.08. The van der Waals surface area contributed by atoms with E-state index < -0.39 is 0 Å². The summed E-state index contributed by atoms with van der Waals surface area (Å²) in [6.07, 6.45) is 9.47. The summed E-state index contributed by atoms with van der Waals surface area (Å²) in [5.74, 6) is 0.981. The number of rotatable bonds is 9. The van der Waals surface area contributed by atoms with Crippen LogP contribution in [-0.2, 0) is 6.42 Å². The summed E-state index contributed by atoms with van der Waals surface area (Å²) in [5.41, 5.74) is 1.35. The highest BCUT2D eigenvalue weighted by Crippen LogP contribution is 2.11. The maximum Gasteiger partial charge on any atom is 0.119 e. The van der Waals surface area contributed by atoms with Crippen molar-refractivity contribution in [1.29, 1.82) is 0 Å². The molecule has 1 aromatic heterocycles. The molecule has 2 heteroatoms. The van der Waals surface area contributed by atoms with E-state index in [4.69, 9.17) is 4.74 Å². The molecule has 0 bridgehead atoms. The van der Waals surface area contributed by atoms with E-state index in [0.29, 0.717) is 0 Å². The van der Waals surface area contributed by atoms with E-state index in [0.717, 1.165) is 18.8 Å². The molecule has 1 heterocycles. The largest absolute Gasteiger partial charge is 0.494 e. The number of aromatic nitrogens is 1. The van der Waals surface area contributed by atoms with Gasteiger partial charge in [0.25, 0.3) is 0 Å².